The quantitative estimate of drug-likeness (QED) is 0.758. The summed E-state index contributed by atoms with van der Waals surface area (Å²) in [7, 11) is 0. The van der Waals surface area contributed by atoms with Crippen LogP contribution in [-0.4, -0.2) is 18.5 Å². The van der Waals surface area contributed by atoms with Crippen LogP contribution in [0.1, 0.15) is 36.8 Å². The number of primary amides is 1. The van der Waals surface area contributed by atoms with Gasteiger partial charge in [0, 0.05) is 0 Å². The summed E-state index contributed by atoms with van der Waals surface area (Å²) in [6, 6.07) is 13.1. The lowest BCUT2D eigenvalue weighted by Gasteiger charge is -2.27. The summed E-state index contributed by atoms with van der Waals surface area (Å²) in [5.41, 5.74) is 5.68. The van der Waals surface area contributed by atoms with Gasteiger partial charge in [-0.1, -0.05) is 37.1 Å². The molecule has 0 bridgehead atoms. The van der Waals surface area contributed by atoms with Crippen LogP contribution in [0.15, 0.2) is 48.5 Å². The van der Waals surface area contributed by atoms with Crippen LogP contribution in [-0.2, 0) is 26.3 Å². The number of halogens is 1. The van der Waals surface area contributed by atoms with Crippen LogP contribution in [0, 0.1) is 5.82 Å². The highest BCUT2D eigenvalue weighted by Gasteiger charge is 2.44. The highest BCUT2D eigenvalue weighted by atomic mass is 19.1. The highest BCUT2D eigenvalue weighted by Crippen LogP contribution is 2.42. The molecule has 1 aliphatic carbocycles. The van der Waals surface area contributed by atoms with Crippen molar-refractivity contribution >= 4 is 11.9 Å². The molecule has 0 aliphatic heterocycles. The molecule has 1 saturated carbocycles. The maximum absolute atomic E-state index is 13.7. The number of rotatable bonds is 7. The third kappa shape index (κ3) is 4.45. The number of nitrogens with two attached hydrogens (primary N) is 1. The summed E-state index contributed by atoms with van der Waals surface area (Å²) < 4.78 is 24.5. The van der Waals surface area contributed by atoms with Crippen LogP contribution in [0.4, 0.5) is 4.39 Å². The maximum Gasteiger partial charge on any atom is 0.316 e. The van der Waals surface area contributed by atoms with Gasteiger partial charge in [0.1, 0.15) is 18.2 Å². The summed E-state index contributed by atoms with van der Waals surface area (Å²) in [4.78, 5) is 23.7. The van der Waals surface area contributed by atoms with Crippen molar-refractivity contribution in [2.45, 2.75) is 37.7 Å². The van der Waals surface area contributed by atoms with E-state index in [9.17, 15) is 14.0 Å². The zero-order valence-corrected chi connectivity index (χ0v) is 14.9. The number of carbonyl (C=O) groups is 2. The fourth-order valence-electron chi connectivity index (χ4n) is 3.54. The number of ether oxygens (including phenoxy) is 2. The maximum atomic E-state index is 13.7. The molecule has 5 nitrogen and oxygen atoms in total. The van der Waals surface area contributed by atoms with Gasteiger partial charge in [0.15, 0.2) is 6.61 Å². The molecule has 0 heterocycles. The minimum atomic E-state index is -0.790. The van der Waals surface area contributed by atoms with E-state index in [4.69, 9.17) is 15.2 Å². The van der Waals surface area contributed by atoms with Gasteiger partial charge >= 0.3 is 5.97 Å². The Kier molecular flexibility index (Phi) is 5.74. The fourth-order valence-corrected chi connectivity index (χ4v) is 3.54. The van der Waals surface area contributed by atoms with Crippen molar-refractivity contribution in [3.8, 4) is 5.75 Å². The topological polar surface area (TPSA) is 78.6 Å². The van der Waals surface area contributed by atoms with Crippen LogP contribution in [0.3, 0.4) is 0 Å². The van der Waals surface area contributed by atoms with Crippen LogP contribution in [0.5, 0.6) is 5.75 Å². The molecule has 0 radical (unpaired) electrons. The zero-order valence-electron chi connectivity index (χ0n) is 14.9. The largest absolute Gasteiger partial charge is 0.484 e. The molecule has 1 aliphatic rings. The summed E-state index contributed by atoms with van der Waals surface area (Å²) >= 11 is 0. The molecule has 2 aromatic rings. The molecule has 3 rings (SSSR count). The van der Waals surface area contributed by atoms with Gasteiger partial charge in [-0.25, -0.2) is 4.39 Å². The molecular formula is C21H22FNO4. The van der Waals surface area contributed by atoms with Crippen LogP contribution in [0.2, 0.25) is 0 Å². The predicted molar refractivity (Wildman–Crippen MR) is 97.5 cm³/mol. The Bertz CT molecular complexity index is 830. The molecule has 0 atom stereocenters. The normalized spacial score (nSPS) is 15.3. The Hall–Kier alpha value is -2.89. The molecule has 1 amide bonds. The van der Waals surface area contributed by atoms with Gasteiger partial charge < -0.3 is 15.2 Å². The van der Waals surface area contributed by atoms with Crippen molar-refractivity contribution in [2.24, 2.45) is 5.73 Å². The second kappa shape index (κ2) is 8.20. The van der Waals surface area contributed by atoms with E-state index in [0.29, 0.717) is 24.2 Å². The highest BCUT2D eigenvalue weighted by molar-refractivity contribution is 5.83. The molecule has 0 aromatic heterocycles. The molecule has 0 unspecified atom stereocenters. The predicted octanol–water partition coefficient (Wildman–Crippen LogP) is 3.25. The first-order chi connectivity index (χ1) is 13.0. The lowest BCUT2D eigenvalue weighted by Crippen LogP contribution is -2.34. The van der Waals surface area contributed by atoms with E-state index in [1.54, 1.807) is 36.4 Å². The average Bonchev–Trinajstić information content (AvgIpc) is 3.16. The number of carbonyl (C=O) groups excluding carboxylic acids is 2. The second-order valence-corrected chi connectivity index (χ2v) is 6.78. The Morgan fingerprint density at radius 2 is 1.81 bits per heavy atom. The van der Waals surface area contributed by atoms with Crippen LogP contribution < -0.4 is 10.5 Å². The summed E-state index contributed by atoms with van der Waals surface area (Å²) in [5, 5.41) is 0. The van der Waals surface area contributed by atoms with E-state index in [-0.39, 0.29) is 25.0 Å². The van der Waals surface area contributed by atoms with Crippen molar-refractivity contribution in [2.75, 3.05) is 6.61 Å². The molecule has 27 heavy (non-hydrogen) atoms. The van der Waals surface area contributed by atoms with Crippen molar-refractivity contribution < 1.29 is 23.5 Å². The first kappa shape index (κ1) is 18.9. The zero-order chi connectivity index (χ0) is 19.3. The molecule has 1 fully saturated rings. The third-order valence-electron chi connectivity index (χ3n) is 4.87. The van der Waals surface area contributed by atoms with Gasteiger partial charge in [0.25, 0.3) is 5.91 Å². The second-order valence-electron chi connectivity index (χ2n) is 6.78. The van der Waals surface area contributed by atoms with E-state index in [1.165, 1.54) is 12.1 Å². The summed E-state index contributed by atoms with van der Waals surface area (Å²) in [5.74, 6) is -0.784. The molecule has 2 aromatic carbocycles. The number of hydrogen-bond acceptors (Lipinski definition) is 4. The average molecular weight is 371 g/mol. The molecule has 2 N–H and O–H groups in total. The van der Waals surface area contributed by atoms with Gasteiger partial charge in [-0.05, 0) is 48.2 Å². The fraction of sp³-hybridized carbons (Fsp3) is 0.333. The van der Waals surface area contributed by atoms with Crippen molar-refractivity contribution in [1.29, 1.82) is 0 Å². The lowest BCUT2D eigenvalue weighted by atomic mass is 9.79. The van der Waals surface area contributed by atoms with Gasteiger partial charge in [-0.3, -0.25) is 9.59 Å². The first-order valence-corrected chi connectivity index (χ1v) is 8.93. The number of benzene rings is 2. The molecule has 0 saturated heterocycles. The SMILES string of the molecule is NC(=O)COc1cccc(COC(=O)C2(c3cccc(F)c3)CCCC2)c1. The Labute approximate surface area is 157 Å². The van der Waals surface area contributed by atoms with E-state index in [2.05, 4.69) is 0 Å². The van der Waals surface area contributed by atoms with Crippen molar-refractivity contribution in [1.82, 2.24) is 0 Å². The van der Waals surface area contributed by atoms with E-state index in [1.807, 2.05) is 0 Å². The van der Waals surface area contributed by atoms with Gasteiger partial charge in [-0.2, -0.15) is 0 Å². The number of hydrogen-bond donors (Lipinski definition) is 1. The Morgan fingerprint density at radius 1 is 1.07 bits per heavy atom. The monoisotopic (exact) mass is 371 g/mol. The minimum Gasteiger partial charge on any atom is -0.484 e. The third-order valence-corrected chi connectivity index (χ3v) is 4.87. The molecule has 142 valence electrons. The lowest BCUT2D eigenvalue weighted by molar-refractivity contribution is -0.152. The first-order valence-electron chi connectivity index (χ1n) is 8.93. The smallest absolute Gasteiger partial charge is 0.316 e. The van der Waals surface area contributed by atoms with E-state index < -0.39 is 11.3 Å². The van der Waals surface area contributed by atoms with Crippen LogP contribution >= 0.6 is 0 Å². The Balaban J connectivity index is 1.70. The van der Waals surface area contributed by atoms with Gasteiger partial charge in [-0.15, -0.1) is 0 Å². The van der Waals surface area contributed by atoms with Crippen LogP contribution in [0.25, 0.3) is 0 Å². The molecule has 0 spiro atoms. The van der Waals surface area contributed by atoms with Gasteiger partial charge in [0.05, 0.1) is 5.41 Å². The standard InChI is InChI=1S/C21H22FNO4/c22-17-7-4-6-16(12-17)21(9-1-2-10-21)20(25)27-13-15-5-3-8-18(11-15)26-14-19(23)24/h3-8,11-12H,1-2,9-10,13-14H2,(H2,23,24). The van der Waals surface area contributed by atoms with E-state index >= 15 is 0 Å². The van der Waals surface area contributed by atoms with E-state index in [0.717, 1.165) is 18.4 Å². The number of esters is 1. The van der Waals surface area contributed by atoms with Crippen molar-refractivity contribution in [3.05, 3.63) is 65.5 Å². The summed E-state index contributed by atoms with van der Waals surface area (Å²) in [6.07, 6.45) is 3.11. The molecule has 6 heteroatoms. The minimum absolute atomic E-state index is 0.0731. The Morgan fingerprint density at radius 3 is 2.52 bits per heavy atom. The van der Waals surface area contributed by atoms with Crippen molar-refractivity contribution in [3.63, 3.8) is 0 Å². The van der Waals surface area contributed by atoms with Gasteiger partial charge in [0.2, 0.25) is 0 Å². The number of amides is 1. The molecular weight excluding hydrogens is 349 g/mol. The summed E-state index contributed by atoms with van der Waals surface area (Å²) in [6.45, 7) is -0.143.